The Bertz CT molecular complexity index is 1790. The first-order chi connectivity index (χ1) is 23.2. The molecule has 6 aromatic rings. The van der Waals surface area contributed by atoms with Gasteiger partial charge in [0.1, 0.15) is 0 Å². The molecule has 0 saturated heterocycles. The van der Waals surface area contributed by atoms with Crippen LogP contribution in [0.15, 0.2) is 158 Å². The van der Waals surface area contributed by atoms with E-state index in [0.29, 0.717) is 5.92 Å². The van der Waals surface area contributed by atoms with Gasteiger partial charge in [-0.25, -0.2) is 0 Å². The Kier molecular flexibility index (Phi) is 10.5. The van der Waals surface area contributed by atoms with Crippen LogP contribution in [-0.4, -0.2) is 0 Å². The van der Waals surface area contributed by atoms with Crippen LogP contribution in [0.25, 0.3) is 11.1 Å². The lowest BCUT2D eigenvalue weighted by Gasteiger charge is -2.26. The molecule has 0 aromatic heterocycles. The van der Waals surface area contributed by atoms with Crippen LogP contribution in [0, 0.1) is 0 Å². The molecule has 47 heavy (non-hydrogen) atoms. The van der Waals surface area contributed by atoms with Crippen molar-refractivity contribution in [1.82, 2.24) is 0 Å². The van der Waals surface area contributed by atoms with Gasteiger partial charge in [0.15, 0.2) is 0 Å². The van der Waals surface area contributed by atoms with E-state index < -0.39 is 0 Å². The molecule has 0 fully saturated rings. The van der Waals surface area contributed by atoms with Crippen molar-refractivity contribution in [1.29, 1.82) is 0 Å². The van der Waals surface area contributed by atoms with Gasteiger partial charge in [-0.15, -0.1) is 0 Å². The zero-order valence-corrected chi connectivity index (χ0v) is 28.0. The number of rotatable bonds is 13. The van der Waals surface area contributed by atoms with Crippen molar-refractivity contribution in [3.8, 4) is 11.1 Å². The van der Waals surface area contributed by atoms with E-state index in [1.54, 1.807) is 0 Å². The van der Waals surface area contributed by atoms with E-state index in [1.165, 1.54) is 47.2 Å². The number of benzene rings is 6. The summed E-state index contributed by atoms with van der Waals surface area (Å²) in [5.41, 5.74) is 12.1. The minimum absolute atomic E-state index is 0.621. The van der Waals surface area contributed by atoms with E-state index >= 15 is 0 Å². The van der Waals surface area contributed by atoms with Crippen molar-refractivity contribution in [2.24, 2.45) is 0 Å². The van der Waals surface area contributed by atoms with Crippen molar-refractivity contribution in [2.75, 3.05) is 9.80 Å². The highest BCUT2D eigenvalue weighted by Gasteiger charge is 2.16. The van der Waals surface area contributed by atoms with E-state index in [1.807, 2.05) is 0 Å². The Labute approximate surface area is 282 Å². The molecular weight excluding hydrogens is 569 g/mol. The number of nitrogens with zero attached hydrogens (tertiary/aromatic N) is 2. The minimum Gasteiger partial charge on any atom is -0.311 e. The molecule has 0 saturated carbocycles. The summed E-state index contributed by atoms with van der Waals surface area (Å²) in [5.74, 6) is 0.621. The normalized spacial score (nSPS) is 11.6. The first-order valence-electron chi connectivity index (χ1n) is 17.3. The summed E-state index contributed by atoms with van der Waals surface area (Å²) in [7, 11) is 0. The van der Waals surface area contributed by atoms with Crippen LogP contribution in [0.4, 0.5) is 34.1 Å². The number of para-hydroxylation sites is 2. The molecule has 0 bridgehead atoms. The smallest absolute Gasteiger partial charge is 0.0462 e. The molecule has 0 aliphatic carbocycles. The number of aryl methyl sites for hydroxylation is 1. The molecule has 0 aliphatic heterocycles. The highest BCUT2D eigenvalue weighted by molar-refractivity contribution is 5.80. The monoisotopic (exact) mass is 614 g/mol. The van der Waals surface area contributed by atoms with E-state index in [0.717, 1.165) is 41.3 Å². The zero-order valence-electron chi connectivity index (χ0n) is 28.0. The molecule has 2 heteroatoms. The molecule has 236 valence electrons. The van der Waals surface area contributed by atoms with Crippen LogP contribution in [-0.2, 0) is 6.42 Å². The van der Waals surface area contributed by atoms with Gasteiger partial charge in [0.05, 0.1) is 0 Å². The van der Waals surface area contributed by atoms with E-state index in [-0.39, 0.29) is 0 Å². The van der Waals surface area contributed by atoms with Crippen molar-refractivity contribution in [3.63, 3.8) is 0 Å². The lowest BCUT2D eigenvalue weighted by molar-refractivity contribution is 0.596. The molecule has 0 heterocycles. The standard InChI is InChI=1S/C45H46N2/c1-4-13-35-19-27-42(28-20-35)46(40-15-9-7-10-16-40)44-31-23-38(24-32-44)39-25-33-45(34-26-39)47(41-17-11-8-12-18-41)43-29-21-37(22-30-43)36(6-3)14-5-2/h7-12,15-34,36H,4-6,13-14H2,1-3H3. The first-order valence-corrected chi connectivity index (χ1v) is 17.3. The third kappa shape index (κ3) is 7.50. The number of anilines is 6. The fourth-order valence-electron chi connectivity index (χ4n) is 6.61. The van der Waals surface area contributed by atoms with E-state index in [9.17, 15) is 0 Å². The Morgan fingerprint density at radius 1 is 0.404 bits per heavy atom. The summed E-state index contributed by atoms with van der Waals surface area (Å²) >= 11 is 0. The van der Waals surface area contributed by atoms with Crippen molar-refractivity contribution < 1.29 is 0 Å². The number of hydrogen-bond acceptors (Lipinski definition) is 2. The van der Waals surface area contributed by atoms with Crippen LogP contribution in [0.5, 0.6) is 0 Å². The lowest BCUT2D eigenvalue weighted by atomic mass is 9.92. The fourth-order valence-corrected chi connectivity index (χ4v) is 6.61. The second-order valence-electron chi connectivity index (χ2n) is 12.3. The van der Waals surface area contributed by atoms with Gasteiger partial charge in [0, 0.05) is 34.1 Å². The summed E-state index contributed by atoms with van der Waals surface area (Å²) in [6.45, 7) is 6.80. The second kappa shape index (κ2) is 15.5. The lowest BCUT2D eigenvalue weighted by Crippen LogP contribution is -2.10. The van der Waals surface area contributed by atoms with Gasteiger partial charge in [0.2, 0.25) is 0 Å². The molecule has 2 nitrogen and oxygen atoms in total. The van der Waals surface area contributed by atoms with Crippen molar-refractivity contribution in [2.45, 2.75) is 58.8 Å². The maximum absolute atomic E-state index is 2.35. The third-order valence-electron chi connectivity index (χ3n) is 9.10. The summed E-state index contributed by atoms with van der Waals surface area (Å²) in [6.07, 6.45) is 5.88. The largest absolute Gasteiger partial charge is 0.311 e. The Morgan fingerprint density at radius 2 is 0.787 bits per heavy atom. The van der Waals surface area contributed by atoms with Crippen molar-refractivity contribution in [3.05, 3.63) is 169 Å². The Hall–Kier alpha value is -5.08. The predicted molar refractivity (Wildman–Crippen MR) is 203 cm³/mol. The Morgan fingerprint density at radius 3 is 1.17 bits per heavy atom. The zero-order chi connectivity index (χ0) is 32.4. The topological polar surface area (TPSA) is 6.48 Å². The first kappa shape index (κ1) is 31.9. The van der Waals surface area contributed by atoms with Gasteiger partial charge in [-0.3, -0.25) is 0 Å². The summed E-state index contributed by atoms with van der Waals surface area (Å²) in [5, 5.41) is 0. The van der Waals surface area contributed by atoms with Crippen molar-refractivity contribution >= 4 is 34.1 Å². The highest BCUT2D eigenvalue weighted by atomic mass is 15.1. The van der Waals surface area contributed by atoms with Crippen LogP contribution >= 0.6 is 0 Å². The van der Waals surface area contributed by atoms with Gasteiger partial charge in [-0.1, -0.05) is 119 Å². The third-order valence-corrected chi connectivity index (χ3v) is 9.10. The second-order valence-corrected chi connectivity index (χ2v) is 12.3. The van der Waals surface area contributed by atoms with Crippen LogP contribution < -0.4 is 9.80 Å². The Balaban J connectivity index is 1.28. The van der Waals surface area contributed by atoms with Gasteiger partial charge >= 0.3 is 0 Å². The average Bonchev–Trinajstić information content (AvgIpc) is 3.14. The fraction of sp³-hybridized carbons (Fsp3) is 0.200. The van der Waals surface area contributed by atoms with Crippen LogP contribution in [0.1, 0.15) is 63.5 Å². The maximum atomic E-state index is 2.35. The van der Waals surface area contributed by atoms with Gasteiger partial charge in [-0.05, 0) is 120 Å². The molecule has 0 aliphatic rings. The SMILES string of the molecule is CCCc1ccc(N(c2ccccc2)c2ccc(-c3ccc(N(c4ccccc4)c4ccc(C(CC)CCC)cc4)cc3)cc2)cc1. The number of hydrogen-bond donors (Lipinski definition) is 0. The predicted octanol–water partition coefficient (Wildman–Crippen LogP) is 13.5. The summed E-state index contributed by atoms with van der Waals surface area (Å²) in [6, 6.07) is 57.4. The van der Waals surface area contributed by atoms with Gasteiger partial charge in [-0.2, -0.15) is 0 Å². The highest BCUT2D eigenvalue weighted by Crippen LogP contribution is 2.38. The molecule has 6 rings (SSSR count). The molecule has 0 N–H and O–H groups in total. The maximum Gasteiger partial charge on any atom is 0.0462 e. The van der Waals surface area contributed by atoms with E-state index in [4.69, 9.17) is 0 Å². The molecule has 1 unspecified atom stereocenters. The molecule has 0 radical (unpaired) electrons. The van der Waals surface area contributed by atoms with Gasteiger partial charge < -0.3 is 9.80 Å². The molecule has 1 atom stereocenters. The van der Waals surface area contributed by atoms with E-state index in [2.05, 4.69) is 188 Å². The summed E-state index contributed by atoms with van der Waals surface area (Å²) in [4.78, 5) is 4.68. The molecular formula is C45H46N2. The van der Waals surface area contributed by atoms with Crippen LogP contribution in [0.2, 0.25) is 0 Å². The minimum atomic E-state index is 0.621. The average molecular weight is 615 g/mol. The van der Waals surface area contributed by atoms with Crippen LogP contribution in [0.3, 0.4) is 0 Å². The molecule has 0 amide bonds. The molecule has 0 spiro atoms. The summed E-state index contributed by atoms with van der Waals surface area (Å²) < 4.78 is 0. The molecule has 6 aromatic carbocycles. The quantitative estimate of drug-likeness (QED) is 0.128. The van der Waals surface area contributed by atoms with Gasteiger partial charge in [0.25, 0.3) is 0 Å².